The molecule has 0 saturated carbocycles. The first-order valence-corrected chi connectivity index (χ1v) is 5.62. The van der Waals surface area contributed by atoms with Crippen LogP contribution in [0.4, 0.5) is 0 Å². The number of H-pyrrole nitrogens is 1. The van der Waals surface area contributed by atoms with Gasteiger partial charge in [0, 0.05) is 31.9 Å². The van der Waals surface area contributed by atoms with Crippen molar-refractivity contribution in [2.45, 2.75) is 13.3 Å². The average Bonchev–Trinajstić information content (AvgIpc) is 2.65. The minimum atomic E-state index is 0.180. The summed E-state index contributed by atoms with van der Waals surface area (Å²) < 4.78 is 0. The third-order valence-electron chi connectivity index (χ3n) is 2.95. The molecule has 0 atom stereocenters. The molecule has 16 heavy (non-hydrogen) atoms. The number of aromatic amines is 1. The maximum Gasteiger partial charge on any atom is 0.228 e. The SMILES string of the molecule is Cc1cc(CC(=O)N2CCN(C)CC2)n[nH]1. The van der Waals surface area contributed by atoms with Crippen LogP contribution in [-0.2, 0) is 11.2 Å². The number of aryl methyl sites for hydroxylation is 1. The Balaban J connectivity index is 1.88. The van der Waals surface area contributed by atoms with Crippen LogP contribution in [0.2, 0.25) is 0 Å². The van der Waals surface area contributed by atoms with Crippen molar-refractivity contribution in [2.75, 3.05) is 33.2 Å². The van der Waals surface area contributed by atoms with Gasteiger partial charge in [-0.3, -0.25) is 9.89 Å². The van der Waals surface area contributed by atoms with Gasteiger partial charge in [-0.25, -0.2) is 0 Å². The van der Waals surface area contributed by atoms with Crippen molar-refractivity contribution in [2.24, 2.45) is 0 Å². The van der Waals surface area contributed by atoms with Crippen molar-refractivity contribution in [1.29, 1.82) is 0 Å². The van der Waals surface area contributed by atoms with Crippen LogP contribution < -0.4 is 0 Å². The summed E-state index contributed by atoms with van der Waals surface area (Å²) in [6.07, 6.45) is 0.411. The number of hydrogen-bond acceptors (Lipinski definition) is 3. The Morgan fingerprint density at radius 1 is 1.44 bits per heavy atom. The van der Waals surface area contributed by atoms with Crippen molar-refractivity contribution in [3.8, 4) is 0 Å². The van der Waals surface area contributed by atoms with Crippen molar-refractivity contribution >= 4 is 5.91 Å². The van der Waals surface area contributed by atoms with Crippen LogP contribution >= 0.6 is 0 Å². The van der Waals surface area contributed by atoms with Gasteiger partial charge in [0.15, 0.2) is 0 Å². The van der Waals surface area contributed by atoms with Crippen LogP contribution in [-0.4, -0.2) is 59.1 Å². The zero-order valence-corrected chi connectivity index (χ0v) is 9.86. The summed E-state index contributed by atoms with van der Waals surface area (Å²) in [5.74, 6) is 0.180. The standard InChI is InChI=1S/C11H18N4O/c1-9-7-10(13-12-9)8-11(16)15-5-3-14(2)4-6-15/h7H,3-6,8H2,1-2H3,(H,12,13). The largest absolute Gasteiger partial charge is 0.340 e. The Morgan fingerprint density at radius 3 is 2.69 bits per heavy atom. The summed E-state index contributed by atoms with van der Waals surface area (Å²) in [5, 5.41) is 6.94. The second-order valence-corrected chi connectivity index (χ2v) is 4.40. The van der Waals surface area contributed by atoms with Gasteiger partial charge >= 0.3 is 0 Å². The number of hydrogen-bond donors (Lipinski definition) is 1. The Labute approximate surface area is 95.4 Å². The Kier molecular flexibility index (Phi) is 3.24. The normalized spacial score (nSPS) is 17.8. The minimum absolute atomic E-state index is 0.180. The molecule has 2 heterocycles. The van der Waals surface area contributed by atoms with E-state index in [2.05, 4.69) is 22.1 Å². The summed E-state index contributed by atoms with van der Waals surface area (Å²) in [4.78, 5) is 16.1. The molecule has 1 fully saturated rings. The van der Waals surface area contributed by atoms with Gasteiger partial charge in [-0.1, -0.05) is 0 Å². The average molecular weight is 222 g/mol. The van der Waals surface area contributed by atoms with Gasteiger partial charge in [0.1, 0.15) is 0 Å². The highest BCUT2D eigenvalue weighted by Gasteiger charge is 2.19. The number of rotatable bonds is 2. The first kappa shape index (κ1) is 11.1. The third kappa shape index (κ3) is 2.61. The fourth-order valence-electron chi connectivity index (χ4n) is 1.89. The Hall–Kier alpha value is -1.36. The van der Waals surface area contributed by atoms with Crippen molar-refractivity contribution < 1.29 is 4.79 Å². The molecule has 1 aliphatic rings. The van der Waals surface area contributed by atoms with Crippen LogP contribution in [0.25, 0.3) is 0 Å². The molecule has 1 aromatic heterocycles. The topological polar surface area (TPSA) is 52.2 Å². The van der Waals surface area contributed by atoms with Gasteiger partial charge in [0.2, 0.25) is 5.91 Å². The molecule has 1 saturated heterocycles. The summed E-state index contributed by atoms with van der Waals surface area (Å²) in [6.45, 7) is 5.53. The number of piperazine rings is 1. The lowest BCUT2D eigenvalue weighted by Gasteiger charge is -2.32. The van der Waals surface area contributed by atoms with Gasteiger partial charge in [-0.05, 0) is 20.0 Å². The molecule has 0 bridgehead atoms. The van der Waals surface area contributed by atoms with Crippen LogP contribution in [0.1, 0.15) is 11.4 Å². The van der Waals surface area contributed by atoms with Gasteiger partial charge in [-0.2, -0.15) is 5.10 Å². The summed E-state index contributed by atoms with van der Waals surface area (Å²) >= 11 is 0. The lowest BCUT2D eigenvalue weighted by Crippen LogP contribution is -2.47. The molecule has 2 rings (SSSR count). The number of nitrogens with one attached hydrogen (secondary N) is 1. The van der Waals surface area contributed by atoms with Crippen molar-refractivity contribution in [1.82, 2.24) is 20.0 Å². The number of likely N-dealkylation sites (N-methyl/N-ethyl adjacent to an activating group) is 1. The molecule has 5 nitrogen and oxygen atoms in total. The van der Waals surface area contributed by atoms with E-state index in [0.717, 1.165) is 37.6 Å². The molecule has 0 radical (unpaired) electrons. The van der Waals surface area contributed by atoms with E-state index in [1.54, 1.807) is 0 Å². The van der Waals surface area contributed by atoms with E-state index < -0.39 is 0 Å². The molecule has 5 heteroatoms. The first-order chi connectivity index (χ1) is 7.65. The number of carbonyl (C=O) groups is 1. The van der Waals surface area contributed by atoms with Gasteiger partial charge in [0.25, 0.3) is 0 Å². The maximum absolute atomic E-state index is 11.9. The highest BCUT2D eigenvalue weighted by molar-refractivity contribution is 5.78. The second-order valence-electron chi connectivity index (χ2n) is 4.40. The Bertz CT molecular complexity index is 366. The molecular weight excluding hydrogens is 204 g/mol. The quantitative estimate of drug-likeness (QED) is 0.768. The molecule has 88 valence electrons. The molecule has 1 N–H and O–H groups in total. The predicted molar refractivity (Wildman–Crippen MR) is 61.1 cm³/mol. The van der Waals surface area contributed by atoms with E-state index in [1.807, 2.05) is 17.9 Å². The van der Waals surface area contributed by atoms with E-state index in [0.29, 0.717) is 6.42 Å². The molecule has 1 aromatic rings. The smallest absolute Gasteiger partial charge is 0.228 e. The number of amides is 1. The second kappa shape index (κ2) is 4.65. The maximum atomic E-state index is 11.9. The molecule has 0 aliphatic carbocycles. The molecule has 1 amide bonds. The molecule has 1 aliphatic heterocycles. The summed E-state index contributed by atoms with van der Waals surface area (Å²) in [6, 6.07) is 1.92. The van der Waals surface area contributed by atoms with E-state index >= 15 is 0 Å². The van der Waals surface area contributed by atoms with Gasteiger partial charge < -0.3 is 9.80 Å². The minimum Gasteiger partial charge on any atom is -0.340 e. The number of carbonyl (C=O) groups excluding carboxylic acids is 1. The lowest BCUT2D eigenvalue weighted by molar-refractivity contribution is -0.132. The van der Waals surface area contributed by atoms with Gasteiger partial charge in [-0.15, -0.1) is 0 Å². The molecule has 0 unspecified atom stereocenters. The lowest BCUT2D eigenvalue weighted by atomic mass is 10.2. The summed E-state index contributed by atoms with van der Waals surface area (Å²) in [7, 11) is 2.08. The Morgan fingerprint density at radius 2 is 2.12 bits per heavy atom. The monoisotopic (exact) mass is 222 g/mol. The predicted octanol–water partition coefficient (Wildman–Crippen LogP) is 0.0346. The van der Waals surface area contributed by atoms with Crippen molar-refractivity contribution in [3.05, 3.63) is 17.5 Å². The zero-order chi connectivity index (χ0) is 11.5. The third-order valence-corrected chi connectivity index (χ3v) is 2.95. The number of nitrogens with zero attached hydrogens (tertiary/aromatic N) is 3. The van der Waals surface area contributed by atoms with E-state index in [9.17, 15) is 4.79 Å². The van der Waals surface area contributed by atoms with Crippen LogP contribution in [0.3, 0.4) is 0 Å². The van der Waals surface area contributed by atoms with Crippen LogP contribution in [0.15, 0.2) is 6.07 Å². The molecular formula is C11H18N4O. The highest BCUT2D eigenvalue weighted by Crippen LogP contribution is 2.05. The first-order valence-electron chi connectivity index (χ1n) is 5.62. The van der Waals surface area contributed by atoms with E-state index in [1.165, 1.54) is 0 Å². The van der Waals surface area contributed by atoms with E-state index in [-0.39, 0.29) is 5.91 Å². The van der Waals surface area contributed by atoms with Gasteiger partial charge in [0.05, 0.1) is 12.1 Å². The zero-order valence-electron chi connectivity index (χ0n) is 9.86. The van der Waals surface area contributed by atoms with E-state index in [4.69, 9.17) is 0 Å². The molecule has 0 aromatic carbocycles. The molecule has 0 spiro atoms. The summed E-state index contributed by atoms with van der Waals surface area (Å²) in [5.41, 5.74) is 1.84. The highest BCUT2D eigenvalue weighted by atomic mass is 16.2. The number of aromatic nitrogens is 2. The van der Waals surface area contributed by atoms with Crippen LogP contribution in [0.5, 0.6) is 0 Å². The fourth-order valence-corrected chi connectivity index (χ4v) is 1.89. The van der Waals surface area contributed by atoms with Crippen molar-refractivity contribution in [3.63, 3.8) is 0 Å². The van der Waals surface area contributed by atoms with Crippen LogP contribution in [0, 0.1) is 6.92 Å². The fraction of sp³-hybridized carbons (Fsp3) is 0.636.